The van der Waals surface area contributed by atoms with Crippen molar-refractivity contribution in [2.45, 2.75) is 11.8 Å². The number of hydrogen-bond donors (Lipinski definition) is 1. The lowest BCUT2D eigenvalue weighted by molar-refractivity contribution is -0.153. The summed E-state index contributed by atoms with van der Waals surface area (Å²) < 4.78 is 4.55. The Morgan fingerprint density at radius 3 is 2.80 bits per heavy atom. The highest BCUT2D eigenvalue weighted by atomic mass is 32.2. The van der Waals surface area contributed by atoms with Gasteiger partial charge in [-0.1, -0.05) is 12.2 Å². The molecule has 0 aromatic rings. The minimum Gasteiger partial charge on any atom is -0.468 e. The fraction of sp³-hybridized carbons (Fsp3) is 0.400. The summed E-state index contributed by atoms with van der Waals surface area (Å²) in [4.78, 5) is 24.0. The van der Waals surface area contributed by atoms with Gasteiger partial charge in [-0.3, -0.25) is 9.59 Å². The number of thiol groups is 1. The summed E-state index contributed by atoms with van der Waals surface area (Å²) >= 11 is 0. The number of β-lactam (4-membered cyclic amide) rings is 1. The van der Waals surface area contributed by atoms with Crippen LogP contribution in [0.5, 0.6) is 0 Å². The van der Waals surface area contributed by atoms with Gasteiger partial charge in [0.15, 0.2) is 0 Å². The molecule has 0 saturated carbocycles. The lowest BCUT2D eigenvalue weighted by atomic mass is 10.2. The number of rotatable bonds is 3. The molecule has 2 rings (SSSR count). The molecule has 5 heteroatoms. The fourth-order valence-corrected chi connectivity index (χ4v) is 3.64. The third-order valence-corrected chi connectivity index (χ3v) is 4.72. The van der Waals surface area contributed by atoms with Crippen molar-refractivity contribution in [3.05, 3.63) is 23.0 Å². The number of hydrogen-bond acceptors (Lipinski definition) is 3. The number of allylic oxidation sites excluding steroid dienone is 2. The molecule has 0 aromatic carbocycles. The highest BCUT2D eigenvalue weighted by Crippen LogP contribution is 2.45. The SMILES string of the molecule is COC(=O)CN1C(=O)CC1[SH]1C=CC=C1. The molecule has 0 aliphatic carbocycles. The second kappa shape index (κ2) is 4.10. The van der Waals surface area contributed by atoms with Gasteiger partial charge in [-0.15, -0.1) is 0 Å². The van der Waals surface area contributed by atoms with Gasteiger partial charge in [0.05, 0.1) is 18.9 Å². The number of amides is 1. The Hall–Kier alpha value is -1.23. The van der Waals surface area contributed by atoms with Crippen LogP contribution in [0.25, 0.3) is 0 Å². The van der Waals surface area contributed by atoms with Gasteiger partial charge >= 0.3 is 5.97 Å². The molecule has 2 aliphatic heterocycles. The summed E-state index contributed by atoms with van der Waals surface area (Å²) in [6, 6.07) is 0. The molecule has 1 saturated heterocycles. The molecule has 1 fully saturated rings. The molecule has 1 amide bonds. The molecular weight excluding hydrogens is 214 g/mol. The number of esters is 1. The van der Waals surface area contributed by atoms with Gasteiger partial charge in [0.1, 0.15) is 6.54 Å². The monoisotopic (exact) mass is 227 g/mol. The molecule has 2 aliphatic rings. The van der Waals surface area contributed by atoms with Crippen molar-refractivity contribution in [3.63, 3.8) is 0 Å². The van der Waals surface area contributed by atoms with Crippen LogP contribution >= 0.6 is 10.9 Å². The largest absolute Gasteiger partial charge is 0.468 e. The third-order valence-electron chi connectivity index (χ3n) is 2.54. The van der Waals surface area contributed by atoms with E-state index in [1.165, 1.54) is 7.11 Å². The van der Waals surface area contributed by atoms with Crippen LogP contribution in [0.3, 0.4) is 0 Å². The lowest BCUT2D eigenvalue weighted by Crippen LogP contribution is -2.53. The van der Waals surface area contributed by atoms with E-state index in [1.54, 1.807) is 4.90 Å². The van der Waals surface area contributed by atoms with Crippen molar-refractivity contribution in [1.29, 1.82) is 0 Å². The average Bonchev–Trinajstić information content (AvgIpc) is 2.75. The number of carbonyl (C=O) groups is 2. The molecule has 0 spiro atoms. The Morgan fingerprint density at radius 1 is 1.60 bits per heavy atom. The zero-order valence-corrected chi connectivity index (χ0v) is 9.31. The molecule has 1 unspecified atom stereocenters. The Morgan fingerprint density at radius 2 is 2.27 bits per heavy atom. The minimum atomic E-state index is -0.385. The summed E-state index contributed by atoms with van der Waals surface area (Å²) in [5.74, 6) is -0.309. The normalized spacial score (nSPS) is 25.7. The van der Waals surface area contributed by atoms with Crippen LogP contribution < -0.4 is 0 Å². The van der Waals surface area contributed by atoms with Gasteiger partial charge in [0, 0.05) is 0 Å². The van der Waals surface area contributed by atoms with E-state index in [-0.39, 0.29) is 34.7 Å². The topological polar surface area (TPSA) is 46.6 Å². The highest BCUT2D eigenvalue weighted by Gasteiger charge is 2.39. The van der Waals surface area contributed by atoms with Crippen molar-refractivity contribution < 1.29 is 14.3 Å². The first-order valence-corrected chi connectivity index (χ1v) is 6.26. The van der Waals surface area contributed by atoms with Crippen molar-refractivity contribution >= 4 is 22.8 Å². The second-order valence-corrected chi connectivity index (χ2v) is 5.50. The average molecular weight is 227 g/mol. The third kappa shape index (κ3) is 1.92. The first-order chi connectivity index (χ1) is 7.22. The predicted octanol–water partition coefficient (Wildman–Crippen LogP) is 0.760. The van der Waals surface area contributed by atoms with E-state index in [0.717, 1.165) is 0 Å². The van der Waals surface area contributed by atoms with Crippen LogP contribution in [0.1, 0.15) is 6.42 Å². The van der Waals surface area contributed by atoms with E-state index in [4.69, 9.17) is 0 Å². The maximum Gasteiger partial charge on any atom is 0.325 e. The van der Waals surface area contributed by atoms with Crippen LogP contribution in [-0.4, -0.2) is 35.8 Å². The Labute approximate surface area is 90.9 Å². The quantitative estimate of drug-likeness (QED) is 0.440. The van der Waals surface area contributed by atoms with Crippen LogP contribution in [-0.2, 0) is 14.3 Å². The van der Waals surface area contributed by atoms with Crippen LogP contribution in [0.2, 0.25) is 0 Å². The van der Waals surface area contributed by atoms with E-state index in [1.807, 2.05) is 12.2 Å². The van der Waals surface area contributed by atoms with E-state index < -0.39 is 0 Å². The first-order valence-electron chi connectivity index (χ1n) is 4.71. The molecule has 82 valence electrons. The van der Waals surface area contributed by atoms with Gasteiger partial charge in [0.2, 0.25) is 5.91 Å². The number of nitrogens with zero attached hydrogens (tertiary/aromatic N) is 1. The summed E-state index contributed by atoms with van der Waals surface area (Å²) in [6.45, 7) is 0.0838. The van der Waals surface area contributed by atoms with Crippen LogP contribution in [0, 0.1) is 0 Å². The minimum absolute atomic E-state index is 0.0431. The zero-order chi connectivity index (χ0) is 10.8. The molecule has 1 atom stereocenters. The van der Waals surface area contributed by atoms with E-state index in [2.05, 4.69) is 15.6 Å². The molecule has 0 aromatic heterocycles. The maximum absolute atomic E-state index is 11.3. The summed E-state index contributed by atoms with van der Waals surface area (Å²) in [6.07, 6.45) is 4.53. The van der Waals surface area contributed by atoms with Gasteiger partial charge in [-0.2, -0.15) is 10.9 Å². The first kappa shape index (κ1) is 10.3. The lowest BCUT2D eigenvalue weighted by Gasteiger charge is -2.43. The van der Waals surface area contributed by atoms with Crippen molar-refractivity contribution in [2.24, 2.45) is 0 Å². The molecule has 0 radical (unpaired) electrons. The van der Waals surface area contributed by atoms with Crippen molar-refractivity contribution in [1.82, 2.24) is 4.90 Å². The highest BCUT2D eigenvalue weighted by molar-refractivity contribution is 8.22. The fourth-order valence-electron chi connectivity index (χ4n) is 1.65. The standard InChI is InChI=1S/C10H13NO3S/c1-14-10(13)7-11-8(12)6-9(11)15-4-2-3-5-15/h2-5,9,15H,6-7H2,1H3. The smallest absolute Gasteiger partial charge is 0.325 e. The Balaban J connectivity index is 1.97. The molecule has 0 N–H and O–H groups in total. The molecule has 4 nitrogen and oxygen atoms in total. The Bertz CT molecular complexity index is 339. The summed E-state index contributed by atoms with van der Waals surface area (Å²) in [5.41, 5.74) is 0. The summed E-state index contributed by atoms with van der Waals surface area (Å²) in [5, 5.41) is 4.41. The van der Waals surface area contributed by atoms with Gasteiger partial charge in [-0.25, -0.2) is 0 Å². The van der Waals surface area contributed by atoms with Crippen molar-refractivity contribution in [3.8, 4) is 0 Å². The molecule has 15 heavy (non-hydrogen) atoms. The van der Waals surface area contributed by atoms with Crippen molar-refractivity contribution in [2.75, 3.05) is 13.7 Å². The summed E-state index contributed by atoms with van der Waals surface area (Å²) in [7, 11) is 0.951. The van der Waals surface area contributed by atoms with E-state index in [9.17, 15) is 9.59 Å². The van der Waals surface area contributed by atoms with Gasteiger partial charge < -0.3 is 9.64 Å². The number of likely N-dealkylation sites (tertiary alicyclic amines) is 1. The van der Waals surface area contributed by atoms with E-state index in [0.29, 0.717) is 6.42 Å². The number of methoxy groups -OCH3 is 1. The van der Waals surface area contributed by atoms with Gasteiger partial charge in [0.25, 0.3) is 0 Å². The molecular formula is C10H13NO3S. The maximum atomic E-state index is 11.3. The second-order valence-electron chi connectivity index (χ2n) is 3.41. The van der Waals surface area contributed by atoms with Crippen LogP contribution in [0.15, 0.2) is 23.0 Å². The molecule has 2 heterocycles. The van der Waals surface area contributed by atoms with E-state index >= 15 is 0 Å². The van der Waals surface area contributed by atoms with Gasteiger partial charge in [-0.05, 0) is 10.8 Å². The number of carbonyl (C=O) groups excluding carboxylic acids is 2. The molecule has 0 bridgehead atoms. The zero-order valence-electron chi connectivity index (χ0n) is 8.42. The predicted molar refractivity (Wildman–Crippen MR) is 59.4 cm³/mol. The Kier molecular flexibility index (Phi) is 2.81. The number of ether oxygens (including phenoxy) is 1. The van der Waals surface area contributed by atoms with Crippen LogP contribution in [0.4, 0.5) is 0 Å².